The number of halogens is 1. The smallest absolute Gasteiger partial charge is 0.259 e. The number of carbonyl (C=O) groups is 1. The number of sulfonamides is 1. The minimum atomic E-state index is -3.14. The SMILES string of the molecule is CCS(=O)(=O)N1CCC(CNc2cncc(N3C(=O)c4ccc(Cl)cc4C3(C)C)c2)C1. The Morgan fingerprint density at radius 1 is 1.26 bits per heavy atom. The molecule has 0 spiro atoms. The van der Waals surface area contributed by atoms with E-state index < -0.39 is 15.6 Å². The van der Waals surface area contributed by atoms with Crippen LogP contribution in [0.4, 0.5) is 11.4 Å². The van der Waals surface area contributed by atoms with Crippen molar-refractivity contribution < 1.29 is 13.2 Å². The number of aromatic nitrogens is 1. The molecule has 1 unspecified atom stereocenters. The summed E-state index contributed by atoms with van der Waals surface area (Å²) in [5.74, 6) is 0.292. The molecule has 0 bridgehead atoms. The van der Waals surface area contributed by atoms with Crippen molar-refractivity contribution in [2.75, 3.05) is 35.6 Å². The number of anilines is 2. The first kappa shape index (κ1) is 22.0. The van der Waals surface area contributed by atoms with Crippen LogP contribution in [0.1, 0.15) is 43.1 Å². The molecule has 2 aliphatic heterocycles. The number of nitrogens with one attached hydrogen (secondary N) is 1. The Bertz CT molecular complexity index is 1120. The molecular formula is C22H27ClN4O3S. The summed E-state index contributed by atoms with van der Waals surface area (Å²) in [7, 11) is -3.14. The summed E-state index contributed by atoms with van der Waals surface area (Å²) >= 11 is 6.18. The van der Waals surface area contributed by atoms with Crippen molar-refractivity contribution in [2.24, 2.45) is 5.92 Å². The quantitative estimate of drug-likeness (QED) is 0.707. The summed E-state index contributed by atoms with van der Waals surface area (Å²) in [5, 5.41) is 3.97. The fraction of sp³-hybridized carbons (Fsp3) is 0.455. The molecule has 2 aliphatic rings. The third-order valence-corrected chi connectivity index (χ3v) is 8.30. The van der Waals surface area contributed by atoms with Gasteiger partial charge in [-0.3, -0.25) is 14.7 Å². The van der Waals surface area contributed by atoms with Crippen LogP contribution in [-0.4, -0.2) is 49.0 Å². The second-order valence-corrected chi connectivity index (χ2v) is 11.3. The Hall–Kier alpha value is -2.16. The first-order valence-electron chi connectivity index (χ1n) is 10.4. The van der Waals surface area contributed by atoms with Gasteiger partial charge in [-0.15, -0.1) is 0 Å². The number of amides is 1. The Morgan fingerprint density at radius 2 is 2.03 bits per heavy atom. The first-order chi connectivity index (χ1) is 14.6. The number of pyridine rings is 1. The predicted octanol–water partition coefficient (Wildman–Crippen LogP) is 3.71. The average Bonchev–Trinajstić information content (AvgIpc) is 3.29. The molecule has 1 aromatic carbocycles. The van der Waals surface area contributed by atoms with Gasteiger partial charge in [0, 0.05) is 30.2 Å². The van der Waals surface area contributed by atoms with Gasteiger partial charge in [-0.1, -0.05) is 11.6 Å². The van der Waals surface area contributed by atoms with E-state index in [1.807, 2.05) is 26.0 Å². The molecule has 3 heterocycles. The standard InChI is InChI=1S/C22H27ClN4O3S/c1-4-31(29,30)26-8-7-15(14-26)11-25-17-10-18(13-24-12-17)27-21(28)19-6-5-16(23)9-20(19)22(27,2)3/h5-6,9-10,12-13,15,25H,4,7-8,11,14H2,1-3H3. The summed E-state index contributed by atoms with van der Waals surface area (Å²) in [6, 6.07) is 7.27. The van der Waals surface area contributed by atoms with Crippen LogP contribution in [0, 0.1) is 5.92 Å². The second kappa shape index (κ2) is 8.07. The Labute approximate surface area is 188 Å². The van der Waals surface area contributed by atoms with Crippen LogP contribution in [0.2, 0.25) is 5.02 Å². The van der Waals surface area contributed by atoms with E-state index >= 15 is 0 Å². The van der Waals surface area contributed by atoms with E-state index in [2.05, 4.69) is 10.3 Å². The van der Waals surface area contributed by atoms with E-state index in [9.17, 15) is 13.2 Å². The van der Waals surface area contributed by atoms with Gasteiger partial charge in [-0.05, 0) is 62.9 Å². The number of rotatable bonds is 6. The van der Waals surface area contributed by atoms with Crippen molar-refractivity contribution in [3.05, 3.63) is 52.8 Å². The lowest BCUT2D eigenvalue weighted by atomic mass is 9.93. The lowest BCUT2D eigenvalue weighted by Crippen LogP contribution is -2.39. The van der Waals surface area contributed by atoms with Crippen LogP contribution >= 0.6 is 11.6 Å². The van der Waals surface area contributed by atoms with E-state index in [0.29, 0.717) is 35.9 Å². The largest absolute Gasteiger partial charge is 0.383 e. The lowest BCUT2D eigenvalue weighted by Gasteiger charge is -2.32. The highest BCUT2D eigenvalue weighted by molar-refractivity contribution is 7.89. The fourth-order valence-corrected chi connectivity index (χ4v) is 5.81. The van der Waals surface area contributed by atoms with E-state index in [-0.39, 0.29) is 17.6 Å². The second-order valence-electron chi connectivity index (χ2n) is 8.62. The molecule has 1 fully saturated rings. The third kappa shape index (κ3) is 4.04. The van der Waals surface area contributed by atoms with E-state index in [0.717, 1.165) is 17.7 Å². The summed E-state index contributed by atoms with van der Waals surface area (Å²) in [4.78, 5) is 19.2. The molecule has 4 rings (SSSR count). The van der Waals surface area contributed by atoms with Gasteiger partial charge >= 0.3 is 0 Å². The molecule has 0 radical (unpaired) electrons. The zero-order valence-corrected chi connectivity index (χ0v) is 19.5. The fourth-order valence-electron chi connectivity index (χ4n) is 4.45. The van der Waals surface area contributed by atoms with Gasteiger partial charge < -0.3 is 5.32 Å². The molecule has 2 aromatic rings. The van der Waals surface area contributed by atoms with Gasteiger partial charge in [-0.2, -0.15) is 0 Å². The molecule has 1 saturated heterocycles. The Morgan fingerprint density at radius 3 is 2.77 bits per heavy atom. The van der Waals surface area contributed by atoms with Crippen LogP contribution in [0.3, 0.4) is 0 Å². The van der Waals surface area contributed by atoms with Crippen molar-refractivity contribution in [2.45, 2.75) is 32.7 Å². The van der Waals surface area contributed by atoms with Crippen LogP contribution in [0.5, 0.6) is 0 Å². The molecular weight excluding hydrogens is 436 g/mol. The average molecular weight is 463 g/mol. The van der Waals surface area contributed by atoms with Gasteiger partial charge in [-0.25, -0.2) is 12.7 Å². The molecule has 1 aromatic heterocycles. The first-order valence-corrected chi connectivity index (χ1v) is 12.4. The highest BCUT2D eigenvalue weighted by Gasteiger charge is 2.44. The van der Waals surface area contributed by atoms with E-state index in [4.69, 9.17) is 11.6 Å². The summed E-state index contributed by atoms with van der Waals surface area (Å²) in [6.45, 7) is 7.41. The highest BCUT2D eigenvalue weighted by Crippen LogP contribution is 2.43. The maximum atomic E-state index is 13.1. The zero-order valence-electron chi connectivity index (χ0n) is 17.9. The monoisotopic (exact) mass is 462 g/mol. The van der Waals surface area contributed by atoms with Gasteiger partial charge in [0.15, 0.2) is 0 Å². The number of hydrogen-bond acceptors (Lipinski definition) is 5. The topological polar surface area (TPSA) is 82.6 Å². The molecule has 1 atom stereocenters. The summed E-state index contributed by atoms with van der Waals surface area (Å²) in [6.07, 6.45) is 4.23. The van der Waals surface area contributed by atoms with Gasteiger partial charge in [0.05, 0.1) is 35.1 Å². The van der Waals surface area contributed by atoms with Gasteiger partial charge in [0.2, 0.25) is 10.0 Å². The molecule has 1 N–H and O–H groups in total. The van der Waals surface area contributed by atoms with Crippen LogP contribution in [-0.2, 0) is 15.6 Å². The van der Waals surface area contributed by atoms with Crippen LogP contribution in [0.25, 0.3) is 0 Å². The lowest BCUT2D eigenvalue weighted by molar-refractivity contribution is 0.0982. The third-order valence-electron chi connectivity index (χ3n) is 6.22. The number of benzene rings is 1. The van der Waals surface area contributed by atoms with Crippen molar-refractivity contribution in [3.63, 3.8) is 0 Å². The van der Waals surface area contributed by atoms with Gasteiger partial charge in [0.1, 0.15) is 0 Å². The number of fused-ring (bicyclic) bond motifs is 1. The molecule has 0 aliphatic carbocycles. The molecule has 31 heavy (non-hydrogen) atoms. The number of carbonyl (C=O) groups excluding carboxylic acids is 1. The highest BCUT2D eigenvalue weighted by atomic mass is 35.5. The van der Waals surface area contributed by atoms with Crippen LogP contribution < -0.4 is 10.2 Å². The van der Waals surface area contributed by atoms with Crippen molar-refractivity contribution >= 4 is 38.9 Å². The van der Waals surface area contributed by atoms with Crippen LogP contribution in [0.15, 0.2) is 36.7 Å². The molecule has 7 nitrogen and oxygen atoms in total. The summed E-state index contributed by atoms with van der Waals surface area (Å²) in [5.41, 5.74) is 2.49. The number of nitrogens with zero attached hydrogens (tertiary/aromatic N) is 3. The predicted molar refractivity (Wildman–Crippen MR) is 123 cm³/mol. The molecule has 9 heteroatoms. The van der Waals surface area contributed by atoms with Crippen molar-refractivity contribution in [1.82, 2.24) is 9.29 Å². The molecule has 0 saturated carbocycles. The van der Waals surface area contributed by atoms with E-state index in [1.54, 1.807) is 40.7 Å². The minimum absolute atomic E-state index is 0.0770. The molecule has 166 valence electrons. The summed E-state index contributed by atoms with van der Waals surface area (Å²) < 4.78 is 25.7. The Kier molecular flexibility index (Phi) is 5.74. The van der Waals surface area contributed by atoms with Crippen molar-refractivity contribution in [1.29, 1.82) is 0 Å². The maximum absolute atomic E-state index is 13.1. The van der Waals surface area contributed by atoms with E-state index in [1.165, 1.54) is 0 Å². The Balaban J connectivity index is 1.49. The number of hydrogen-bond donors (Lipinski definition) is 1. The maximum Gasteiger partial charge on any atom is 0.259 e. The van der Waals surface area contributed by atoms with Gasteiger partial charge in [0.25, 0.3) is 5.91 Å². The zero-order chi connectivity index (χ0) is 22.4. The van der Waals surface area contributed by atoms with Crippen molar-refractivity contribution in [3.8, 4) is 0 Å². The normalized spacial score (nSPS) is 20.8. The molecule has 1 amide bonds. The minimum Gasteiger partial charge on any atom is -0.383 e.